The van der Waals surface area contributed by atoms with Crippen LogP contribution >= 0.6 is 11.6 Å². The molecule has 1 aliphatic rings. The predicted molar refractivity (Wildman–Crippen MR) is 119 cm³/mol. The highest BCUT2D eigenvalue weighted by molar-refractivity contribution is 6.32. The van der Waals surface area contributed by atoms with Gasteiger partial charge in [0.05, 0.1) is 24.6 Å². The zero-order valence-electron chi connectivity index (χ0n) is 17.6. The number of methoxy groups -OCH3 is 1. The molecule has 1 atom stereocenters. The molecular weight excluding hydrogens is 416 g/mol. The lowest BCUT2D eigenvalue weighted by Gasteiger charge is -2.30. The maximum Gasteiger partial charge on any atom is 0.241 e. The molecule has 162 valence electrons. The Morgan fingerprint density at radius 1 is 1.29 bits per heavy atom. The summed E-state index contributed by atoms with van der Waals surface area (Å²) in [6.07, 6.45) is 1.77. The van der Waals surface area contributed by atoms with E-state index < -0.39 is 0 Å². The van der Waals surface area contributed by atoms with Gasteiger partial charge in [-0.2, -0.15) is 4.98 Å². The van der Waals surface area contributed by atoms with E-state index in [2.05, 4.69) is 20.4 Å². The molecule has 7 nitrogen and oxygen atoms in total. The van der Waals surface area contributed by atoms with Gasteiger partial charge in [0.2, 0.25) is 17.6 Å². The third kappa shape index (κ3) is 5.24. The van der Waals surface area contributed by atoms with Crippen molar-refractivity contribution in [3.63, 3.8) is 0 Å². The summed E-state index contributed by atoms with van der Waals surface area (Å²) in [6, 6.07) is 13.2. The van der Waals surface area contributed by atoms with Crippen LogP contribution in [0.2, 0.25) is 5.02 Å². The highest BCUT2D eigenvalue weighted by atomic mass is 35.5. The molecule has 4 rings (SSSR count). The highest BCUT2D eigenvalue weighted by Gasteiger charge is 2.27. The summed E-state index contributed by atoms with van der Waals surface area (Å²) in [5.74, 6) is 1.58. The molecule has 1 N–H and O–H groups in total. The molecule has 1 aromatic heterocycles. The van der Waals surface area contributed by atoms with E-state index in [0.29, 0.717) is 41.3 Å². The molecule has 2 heterocycles. The molecule has 31 heavy (non-hydrogen) atoms. The number of nitrogens with one attached hydrogen (secondary N) is 1. The van der Waals surface area contributed by atoms with Crippen LogP contribution in [-0.4, -0.2) is 41.1 Å². The first-order valence-corrected chi connectivity index (χ1v) is 10.7. The van der Waals surface area contributed by atoms with Crippen LogP contribution < -0.4 is 10.1 Å². The fourth-order valence-electron chi connectivity index (χ4n) is 3.73. The maximum absolute atomic E-state index is 12.8. The van der Waals surface area contributed by atoms with Crippen LogP contribution in [0.5, 0.6) is 5.75 Å². The highest BCUT2D eigenvalue weighted by Crippen LogP contribution is 2.28. The normalized spacial score (nSPS) is 16.8. The number of piperidine rings is 1. The summed E-state index contributed by atoms with van der Waals surface area (Å²) in [7, 11) is 1.56. The number of ether oxygens (including phenoxy) is 1. The Kier molecular flexibility index (Phi) is 6.53. The Morgan fingerprint density at radius 3 is 2.84 bits per heavy atom. The number of aromatic nitrogens is 2. The molecule has 1 aliphatic heterocycles. The van der Waals surface area contributed by atoms with Crippen LogP contribution in [0.1, 0.15) is 24.3 Å². The zero-order valence-corrected chi connectivity index (χ0v) is 18.4. The number of likely N-dealkylation sites (tertiary alicyclic amines) is 1. The second-order valence-electron chi connectivity index (χ2n) is 7.79. The number of halogens is 1. The second kappa shape index (κ2) is 9.49. The second-order valence-corrected chi connectivity index (χ2v) is 8.20. The van der Waals surface area contributed by atoms with Crippen molar-refractivity contribution < 1.29 is 14.1 Å². The Balaban J connectivity index is 1.36. The quantitative estimate of drug-likeness (QED) is 0.605. The number of rotatable bonds is 6. The zero-order chi connectivity index (χ0) is 21.8. The van der Waals surface area contributed by atoms with E-state index in [1.165, 1.54) is 5.56 Å². The standard InChI is InChI=1S/C23H25ClN4O3/c1-15-5-7-16(8-6-15)22-26-21(31-27-22)14-28-11-3-4-17(13-28)23(29)25-18-9-10-20(30-2)19(24)12-18/h5-10,12,17H,3-4,11,13-14H2,1-2H3,(H,25,29). The van der Waals surface area contributed by atoms with Crippen molar-refractivity contribution in [2.45, 2.75) is 26.3 Å². The number of anilines is 1. The Labute approximate surface area is 186 Å². The summed E-state index contributed by atoms with van der Waals surface area (Å²) in [4.78, 5) is 19.5. The third-order valence-electron chi connectivity index (χ3n) is 5.43. The van der Waals surface area contributed by atoms with E-state index in [4.69, 9.17) is 20.9 Å². The number of amides is 1. The predicted octanol–water partition coefficient (Wildman–Crippen LogP) is 4.56. The van der Waals surface area contributed by atoms with Crippen molar-refractivity contribution >= 4 is 23.2 Å². The van der Waals surface area contributed by atoms with Crippen LogP contribution in [0.3, 0.4) is 0 Å². The molecule has 2 aromatic carbocycles. The van der Waals surface area contributed by atoms with Crippen molar-refractivity contribution in [1.29, 1.82) is 0 Å². The van der Waals surface area contributed by atoms with Gasteiger partial charge in [-0.3, -0.25) is 9.69 Å². The number of hydrogen-bond donors (Lipinski definition) is 1. The lowest BCUT2D eigenvalue weighted by atomic mass is 9.97. The van der Waals surface area contributed by atoms with Crippen LogP contribution in [0.15, 0.2) is 47.0 Å². The van der Waals surface area contributed by atoms with Gasteiger partial charge in [-0.15, -0.1) is 0 Å². The number of benzene rings is 2. The number of aryl methyl sites for hydroxylation is 1. The molecule has 8 heteroatoms. The largest absolute Gasteiger partial charge is 0.495 e. The Bertz CT molecular complexity index is 1050. The van der Waals surface area contributed by atoms with Gasteiger partial charge in [0.1, 0.15) is 5.75 Å². The van der Waals surface area contributed by atoms with Crippen molar-refractivity contribution in [2.75, 3.05) is 25.5 Å². The summed E-state index contributed by atoms with van der Waals surface area (Å²) >= 11 is 6.16. The minimum absolute atomic E-state index is 0.0168. The van der Waals surface area contributed by atoms with Gasteiger partial charge in [-0.05, 0) is 44.5 Å². The monoisotopic (exact) mass is 440 g/mol. The van der Waals surface area contributed by atoms with E-state index in [9.17, 15) is 4.79 Å². The SMILES string of the molecule is COc1ccc(NC(=O)C2CCCN(Cc3nc(-c4ccc(C)cc4)no3)C2)cc1Cl. The van der Waals surface area contributed by atoms with Crippen molar-refractivity contribution in [3.05, 3.63) is 58.9 Å². The molecular formula is C23H25ClN4O3. The molecule has 0 radical (unpaired) electrons. The first-order chi connectivity index (χ1) is 15.0. The fraction of sp³-hybridized carbons (Fsp3) is 0.348. The number of carbonyl (C=O) groups excluding carboxylic acids is 1. The van der Waals surface area contributed by atoms with Gasteiger partial charge in [0.25, 0.3) is 0 Å². The smallest absolute Gasteiger partial charge is 0.241 e. The van der Waals surface area contributed by atoms with Gasteiger partial charge in [0.15, 0.2) is 0 Å². The molecule has 0 spiro atoms. The van der Waals surface area contributed by atoms with Crippen molar-refractivity contribution in [3.8, 4) is 17.1 Å². The Hall–Kier alpha value is -2.90. The summed E-state index contributed by atoms with van der Waals surface area (Å²) in [5, 5.41) is 7.52. The van der Waals surface area contributed by atoms with Gasteiger partial charge in [-0.25, -0.2) is 0 Å². The molecule has 1 unspecified atom stereocenters. The summed E-state index contributed by atoms with van der Waals surface area (Å²) < 4.78 is 10.6. The van der Waals surface area contributed by atoms with E-state index >= 15 is 0 Å². The van der Waals surface area contributed by atoms with Crippen molar-refractivity contribution in [1.82, 2.24) is 15.0 Å². The number of carbonyl (C=O) groups is 1. The van der Waals surface area contributed by atoms with E-state index in [-0.39, 0.29) is 11.8 Å². The topological polar surface area (TPSA) is 80.5 Å². The van der Waals surface area contributed by atoms with Crippen molar-refractivity contribution in [2.24, 2.45) is 5.92 Å². The van der Waals surface area contributed by atoms with Crippen LogP contribution in [0.25, 0.3) is 11.4 Å². The molecule has 0 saturated carbocycles. The number of hydrogen-bond acceptors (Lipinski definition) is 6. The van der Waals surface area contributed by atoms with Gasteiger partial charge in [0, 0.05) is 17.8 Å². The molecule has 3 aromatic rings. The first-order valence-electron chi connectivity index (χ1n) is 10.3. The molecule has 1 saturated heterocycles. The van der Waals surface area contributed by atoms with Gasteiger partial charge >= 0.3 is 0 Å². The number of nitrogens with zero attached hydrogens (tertiary/aromatic N) is 3. The minimum atomic E-state index is -0.117. The Morgan fingerprint density at radius 2 is 2.10 bits per heavy atom. The average Bonchev–Trinajstić information content (AvgIpc) is 3.23. The van der Waals surface area contributed by atoms with E-state index in [1.807, 2.05) is 31.2 Å². The average molecular weight is 441 g/mol. The molecule has 1 fully saturated rings. The lowest BCUT2D eigenvalue weighted by Crippen LogP contribution is -2.40. The van der Waals surface area contributed by atoms with E-state index in [1.54, 1.807) is 25.3 Å². The molecule has 1 amide bonds. The van der Waals surface area contributed by atoms with Gasteiger partial charge in [-0.1, -0.05) is 46.6 Å². The van der Waals surface area contributed by atoms with E-state index in [0.717, 1.165) is 24.9 Å². The molecule has 0 aliphatic carbocycles. The van der Waals surface area contributed by atoms with Crippen LogP contribution in [0.4, 0.5) is 5.69 Å². The van der Waals surface area contributed by atoms with Crippen LogP contribution in [-0.2, 0) is 11.3 Å². The fourth-order valence-corrected chi connectivity index (χ4v) is 3.99. The van der Waals surface area contributed by atoms with Gasteiger partial charge < -0.3 is 14.6 Å². The summed E-state index contributed by atoms with van der Waals surface area (Å²) in [5.41, 5.74) is 2.77. The third-order valence-corrected chi connectivity index (χ3v) is 5.73. The maximum atomic E-state index is 12.8. The summed E-state index contributed by atoms with van der Waals surface area (Å²) in [6.45, 7) is 4.09. The lowest BCUT2D eigenvalue weighted by molar-refractivity contribution is -0.121. The minimum Gasteiger partial charge on any atom is -0.495 e. The first kappa shape index (κ1) is 21.3. The molecule has 0 bridgehead atoms. The van der Waals surface area contributed by atoms with Crippen LogP contribution in [0, 0.1) is 12.8 Å².